The largest absolute Gasteiger partial charge is 0.462 e. The van der Waals surface area contributed by atoms with Crippen molar-refractivity contribution in [3.8, 4) is 0 Å². The lowest BCUT2D eigenvalue weighted by Crippen LogP contribution is -2.20. The van der Waals surface area contributed by atoms with Gasteiger partial charge in [-0.25, -0.2) is 14.6 Å². The number of ether oxygens (including phenoxy) is 2. The fourth-order valence-corrected chi connectivity index (χ4v) is 4.36. The van der Waals surface area contributed by atoms with Gasteiger partial charge in [-0.1, -0.05) is 26.0 Å². The molecule has 0 unspecified atom stereocenters. The van der Waals surface area contributed by atoms with Crippen LogP contribution in [0.25, 0.3) is 11.0 Å². The van der Waals surface area contributed by atoms with Crippen molar-refractivity contribution in [3.05, 3.63) is 46.1 Å². The van der Waals surface area contributed by atoms with Gasteiger partial charge < -0.3 is 19.4 Å². The maximum Gasteiger partial charge on any atom is 0.348 e. The van der Waals surface area contributed by atoms with E-state index in [2.05, 4.69) is 10.3 Å². The molecule has 1 N–H and O–H groups in total. The number of thiophene rings is 1. The molecule has 2 aromatic heterocycles. The molecular weight excluding hydrogens is 430 g/mol. The molecule has 0 saturated heterocycles. The Morgan fingerprint density at radius 1 is 1.12 bits per heavy atom. The first-order valence-corrected chi connectivity index (χ1v) is 11.2. The number of aryl methyl sites for hydroxylation is 1. The van der Waals surface area contributed by atoms with E-state index in [0.717, 1.165) is 22.4 Å². The molecule has 0 fully saturated rings. The van der Waals surface area contributed by atoms with Crippen molar-refractivity contribution < 1.29 is 23.9 Å². The number of esters is 2. The van der Waals surface area contributed by atoms with E-state index >= 15 is 0 Å². The maximum atomic E-state index is 12.9. The topological polar surface area (TPSA) is 99.5 Å². The Morgan fingerprint density at radius 2 is 1.84 bits per heavy atom. The van der Waals surface area contributed by atoms with Gasteiger partial charge in [0.2, 0.25) is 5.91 Å². The van der Waals surface area contributed by atoms with Crippen LogP contribution in [-0.2, 0) is 20.8 Å². The first kappa shape index (κ1) is 23.5. The number of nitrogens with one attached hydrogen (secondary N) is 1. The second-order valence-corrected chi connectivity index (χ2v) is 8.78. The molecule has 0 bridgehead atoms. The highest BCUT2D eigenvalue weighted by atomic mass is 32.1. The number of carbonyl (C=O) groups is 3. The number of hydrogen-bond donors (Lipinski definition) is 1. The summed E-state index contributed by atoms with van der Waals surface area (Å²) in [5.41, 5.74) is 2.24. The molecule has 0 aliphatic heterocycles. The lowest BCUT2D eigenvalue weighted by atomic mass is 10.1. The van der Waals surface area contributed by atoms with Crippen molar-refractivity contribution >= 4 is 45.2 Å². The molecule has 0 saturated carbocycles. The monoisotopic (exact) mass is 457 g/mol. The molecule has 9 heteroatoms. The molecule has 3 aromatic rings. The summed E-state index contributed by atoms with van der Waals surface area (Å²) in [6.45, 7) is 9.50. The van der Waals surface area contributed by atoms with E-state index < -0.39 is 11.9 Å². The minimum absolute atomic E-state index is 0.0126. The normalized spacial score (nSPS) is 11.1. The highest BCUT2D eigenvalue weighted by Gasteiger charge is 2.27. The average Bonchev–Trinajstić information content (AvgIpc) is 3.22. The van der Waals surface area contributed by atoms with Gasteiger partial charge in [-0.3, -0.25) is 4.79 Å². The van der Waals surface area contributed by atoms with Gasteiger partial charge in [-0.2, -0.15) is 0 Å². The van der Waals surface area contributed by atoms with Crippen molar-refractivity contribution in [3.63, 3.8) is 0 Å². The quantitative estimate of drug-likeness (QED) is 0.505. The second kappa shape index (κ2) is 9.95. The van der Waals surface area contributed by atoms with Crippen LogP contribution in [-0.4, -0.2) is 40.6 Å². The van der Waals surface area contributed by atoms with Gasteiger partial charge in [-0.15, -0.1) is 11.3 Å². The summed E-state index contributed by atoms with van der Waals surface area (Å²) in [7, 11) is 0. The minimum atomic E-state index is -0.594. The summed E-state index contributed by atoms with van der Waals surface area (Å²) in [5, 5.41) is 3.05. The van der Waals surface area contributed by atoms with Crippen LogP contribution < -0.4 is 5.32 Å². The Balaban J connectivity index is 1.89. The third-order valence-corrected chi connectivity index (χ3v) is 5.95. The van der Waals surface area contributed by atoms with Gasteiger partial charge in [0.25, 0.3) is 0 Å². The van der Waals surface area contributed by atoms with Crippen LogP contribution in [0.5, 0.6) is 0 Å². The van der Waals surface area contributed by atoms with Crippen LogP contribution in [0.1, 0.15) is 52.2 Å². The maximum absolute atomic E-state index is 12.9. The Morgan fingerprint density at radius 3 is 2.53 bits per heavy atom. The van der Waals surface area contributed by atoms with E-state index in [4.69, 9.17) is 9.47 Å². The Labute approximate surface area is 190 Å². The number of para-hydroxylation sites is 2. The first-order chi connectivity index (χ1) is 15.2. The van der Waals surface area contributed by atoms with Crippen molar-refractivity contribution in [2.24, 2.45) is 5.92 Å². The summed E-state index contributed by atoms with van der Waals surface area (Å²) in [6, 6.07) is 7.55. The number of fused-ring (bicyclic) bond motifs is 1. The first-order valence-electron chi connectivity index (χ1n) is 10.4. The van der Waals surface area contributed by atoms with Gasteiger partial charge in [0.05, 0.1) is 29.8 Å². The van der Waals surface area contributed by atoms with E-state index in [1.54, 1.807) is 18.4 Å². The summed E-state index contributed by atoms with van der Waals surface area (Å²) in [4.78, 5) is 42.8. The van der Waals surface area contributed by atoms with Crippen LogP contribution in [0.4, 0.5) is 5.00 Å². The van der Waals surface area contributed by atoms with E-state index in [1.807, 2.05) is 45.0 Å². The number of benzene rings is 1. The SMILES string of the molecule is CCOC(=O)c1c(NC(=O)Cn2c(C)nc3ccccc32)sc(C(=O)OCC(C)C)c1C. The zero-order valence-electron chi connectivity index (χ0n) is 18.9. The van der Waals surface area contributed by atoms with Gasteiger partial charge in [-0.05, 0) is 44.4 Å². The fourth-order valence-electron chi connectivity index (χ4n) is 3.26. The molecule has 2 heterocycles. The third-order valence-electron chi connectivity index (χ3n) is 4.76. The molecule has 3 rings (SSSR count). The molecule has 1 aromatic carbocycles. The van der Waals surface area contributed by atoms with Crippen molar-refractivity contribution in [2.75, 3.05) is 18.5 Å². The lowest BCUT2D eigenvalue weighted by Gasteiger charge is -2.09. The predicted molar refractivity (Wildman–Crippen MR) is 123 cm³/mol. The van der Waals surface area contributed by atoms with Gasteiger partial charge >= 0.3 is 11.9 Å². The minimum Gasteiger partial charge on any atom is -0.462 e. The molecule has 0 aliphatic rings. The Hall–Kier alpha value is -3.20. The van der Waals surface area contributed by atoms with Crippen LogP contribution in [0.2, 0.25) is 0 Å². The van der Waals surface area contributed by atoms with Gasteiger partial charge in [0.1, 0.15) is 22.2 Å². The molecular formula is C23H27N3O5S. The fraction of sp³-hybridized carbons (Fsp3) is 0.391. The van der Waals surface area contributed by atoms with Crippen LogP contribution in [0, 0.1) is 19.8 Å². The Bertz CT molecular complexity index is 1160. The molecule has 0 atom stereocenters. The highest BCUT2D eigenvalue weighted by molar-refractivity contribution is 7.18. The molecule has 8 nitrogen and oxygen atoms in total. The van der Waals surface area contributed by atoms with E-state index in [-0.39, 0.29) is 47.0 Å². The van der Waals surface area contributed by atoms with Crippen LogP contribution in [0.3, 0.4) is 0 Å². The third kappa shape index (κ3) is 4.99. The number of nitrogens with zero attached hydrogens (tertiary/aromatic N) is 2. The lowest BCUT2D eigenvalue weighted by molar-refractivity contribution is -0.116. The highest BCUT2D eigenvalue weighted by Crippen LogP contribution is 2.34. The van der Waals surface area contributed by atoms with Crippen LogP contribution in [0.15, 0.2) is 24.3 Å². The number of anilines is 1. The summed E-state index contributed by atoms with van der Waals surface area (Å²) in [5.74, 6) is -0.582. The van der Waals surface area contributed by atoms with Gasteiger partial charge in [0, 0.05) is 0 Å². The molecule has 0 radical (unpaired) electrons. The van der Waals surface area contributed by atoms with Crippen molar-refractivity contribution in [2.45, 2.75) is 41.2 Å². The number of imidazole rings is 1. The van der Waals surface area contributed by atoms with E-state index in [1.165, 1.54) is 0 Å². The summed E-state index contributed by atoms with van der Waals surface area (Å²) < 4.78 is 12.3. The number of carbonyl (C=O) groups excluding carboxylic acids is 3. The van der Waals surface area contributed by atoms with E-state index in [0.29, 0.717) is 11.4 Å². The molecule has 0 spiro atoms. The summed E-state index contributed by atoms with van der Waals surface area (Å²) >= 11 is 1.02. The smallest absolute Gasteiger partial charge is 0.348 e. The predicted octanol–water partition coefficient (Wildman–Crippen LogP) is 4.34. The number of hydrogen-bond acceptors (Lipinski definition) is 7. The van der Waals surface area contributed by atoms with Crippen LogP contribution >= 0.6 is 11.3 Å². The summed E-state index contributed by atoms with van der Waals surface area (Å²) in [6.07, 6.45) is 0. The zero-order valence-corrected chi connectivity index (χ0v) is 19.7. The van der Waals surface area contributed by atoms with Crippen molar-refractivity contribution in [1.82, 2.24) is 9.55 Å². The number of aromatic nitrogens is 2. The molecule has 170 valence electrons. The number of amides is 1. The molecule has 1 amide bonds. The van der Waals surface area contributed by atoms with Gasteiger partial charge in [0.15, 0.2) is 0 Å². The standard InChI is InChI=1S/C23H27N3O5S/c1-6-30-22(28)19-14(4)20(23(29)31-12-13(2)3)32-21(19)25-18(27)11-26-15(5)24-16-9-7-8-10-17(16)26/h7-10,13H,6,11-12H2,1-5H3,(H,25,27). The zero-order chi connectivity index (χ0) is 23.4. The molecule has 32 heavy (non-hydrogen) atoms. The van der Waals surface area contributed by atoms with Crippen molar-refractivity contribution in [1.29, 1.82) is 0 Å². The Kier molecular flexibility index (Phi) is 7.29. The molecule has 0 aliphatic carbocycles. The second-order valence-electron chi connectivity index (χ2n) is 7.76. The number of rotatable bonds is 8. The van der Waals surface area contributed by atoms with E-state index in [9.17, 15) is 14.4 Å². The average molecular weight is 458 g/mol.